The quantitative estimate of drug-likeness (QED) is 0.307. The maximum atomic E-state index is 12.1. The molecule has 0 saturated heterocycles. The molecule has 0 atom stereocenters. The lowest BCUT2D eigenvalue weighted by Gasteiger charge is -2.09. The molecule has 1 amide bonds. The van der Waals surface area contributed by atoms with Crippen LogP contribution in [-0.2, 0) is 0 Å². The summed E-state index contributed by atoms with van der Waals surface area (Å²) in [6.45, 7) is 0. The molecule has 1 aromatic carbocycles. The lowest BCUT2D eigenvalue weighted by atomic mass is 10.2. The van der Waals surface area contributed by atoms with Crippen LogP contribution in [0.4, 0.5) is 0 Å². The van der Waals surface area contributed by atoms with E-state index in [1.165, 1.54) is 30.9 Å². The Kier molecular flexibility index (Phi) is 5.91. The van der Waals surface area contributed by atoms with Crippen molar-refractivity contribution in [3.05, 3.63) is 76.2 Å². The standard InChI is InChI=1S/C19H15N3O4S/c1-25-16-10-13(11-21-22-18(23)14-4-2-8-20-12-14)6-7-15(16)26-19(24)17-5-3-9-27-17/h2-12H,1H3,(H,22,23). The minimum Gasteiger partial charge on any atom is -0.493 e. The van der Waals surface area contributed by atoms with Gasteiger partial charge in [-0.15, -0.1) is 11.3 Å². The number of nitrogens with zero attached hydrogens (tertiary/aromatic N) is 2. The number of amides is 1. The van der Waals surface area contributed by atoms with Crippen LogP contribution in [0.25, 0.3) is 0 Å². The molecule has 0 bridgehead atoms. The average molecular weight is 381 g/mol. The smallest absolute Gasteiger partial charge is 0.353 e. The van der Waals surface area contributed by atoms with E-state index in [0.717, 1.165) is 0 Å². The van der Waals surface area contributed by atoms with Crippen LogP contribution in [0.1, 0.15) is 25.6 Å². The first kappa shape index (κ1) is 18.3. The largest absolute Gasteiger partial charge is 0.493 e. The molecule has 2 aromatic heterocycles. The summed E-state index contributed by atoms with van der Waals surface area (Å²) in [5.41, 5.74) is 3.48. The van der Waals surface area contributed by atoms with Crippen molar-refractivity contribution >= 4 is 29.4 Å². The van der Waals surface area contributed by atoms with Gasteiger partial charge in [-0.2, -0.15) is 5.10 Å². The van der Waals surface area contributed by atoms with Gasteiger partial charge in [0.1, 0.15) is 4.88 Å². The van der Waals surface area contributed by atoms with Gasteiger partial charge in [0.2, 0.25) is 0 Å². The maximum Gasteiger partial charge on any atom is 0.353 e. The number of benzene rings is 1. The topological polar surface area (TPSA) is 89.9 Å². The number of methoxy groups -OCH3 is 1. The van der Waals surface area contributed by atoms with E-state index in [9.17, 15) is 9.59 Å². The molecule has 7 nitrogen and oxygen atoms in total. The lowest BCUT2D eigenvalue weighted by Crippen LogP contribution is -2.17. The number of aromatic nitrogens is 1. The van der Waals surface area contributed by atoms with Crippen molar-refractivity contribution in [1.29, 1.82) is 0 Å². The minimum atomic E-state index is -0.451. The van der Waals surface area contributed by atoms with Crippen molar-refractivity contribution in [2.45, 2.75) is 0 Å². The van der Waals surface area contributed by atoms with Crippen LogP contribution in [0, 0.1) is 0 Å². The number of nitrogens with one attached hydrogen (secondary N) is 1. The van der Waals surface area contributed by atoms with Crippen molar-refractivity contribution in [1.82, 2.24) is 10.4 Å². The molecule has 0 unspecified atom stereocenters. The number of hydrazone groups is 1. The fourth-order valence-electron chi connectivity index (χ4n) is 2.12. The number of thiophene rings is 1. The highest BCUT2D eigenvalue weighted by Crippen LogP contribution is 2.28. The summed E-state index contributed by atoms with van der Waals surface area (Å²) in [7, 11) is 1.48. The van der Waals surface area contributed by atoms with Crippen LogP contribution in [0.3, 0.4) is 0 Å². The SMILES string of the molecule is COc1cc(C=NNC(=O)c2cccnc2)ccc1OC(=O)c1cccs1. The first-order chi connectivity index (χ1) is 13.2. The van der Waals surface area contributed by atoms with Crippen molar-refractivity contribution in [2.75, 3.05) is 7.11 Å². The molecule has 3 aromatic rings. The maximum absolute atomic E-state index is 12.1. The van der Waals surface area contributed by atoms with E-state index in [0.29, 0.717) is 27.5 Å². The summed E-state index contributed by atoms with van der Waals surface area (Å²) in [6, 6.07) is 11.7. The van der Waals surface area contributed by atoms with Gasteiger partial charge < -0.3 is 9.47 Å². The summed E-state index contributed by atoms with van der Waals surface area (Å²) in [5.74, 6) is -0.142. The van der Waals surface area contributed by atoms with Gasteiger partial charge in [-0.25, -0.2) is 10.2 Å². The second kappa shape index (κ2) is 8.72. The first-order valence-electron chi connectivity index (χ1n) is 7.84. The normalized spacial score (nSPS) is 10.6. The van der Waals surface area contributed by atoms with Crippen LogP contribution >= 0.6 is 11.3 Å². The van der Waals surface area contributed by atoms with E-state index in [-0.39, 0.29) is 5.91 Å². The van der Waals surface area contributed by atoms with E-state index in [1.54, 1.807) is 54.0 Å². The molecule has 1 N–H and O–H groups in total. The molecule has 8 heteroatoms. The van der Waals surface area contributed by atoms with Crippen molar-refractivity contribution in [2.24, 2.45) is 5.10 Å². The number of ether oxygens (including phenoxy) is 2. The van der Waals surface area contributed by atoms with Crippen LogP contribution in [-0.4, -0.2) is 30.2 Å². The van der Waals surface area contributed by atoms with E-state index >= 15 is 0 Å². The van der Waals surface area contributed by atoms with Gasteiger partial charge in [-0.3, -0.25) is 9.78 Å². The molecule has 27 heavy (non-hydrogen) atoms. The first-order valence-corrected chi connectivity index (χ1v) is 8.72. The molecular weight excluding hydrogens is 366 g/mol. The Bertz CT molecular complexity index is 956. The average Bonchev–Trinajstić information content (AvgIpc) is 3.24. The Labute approximate surface area is 159 Å². The molecule has 0 fully saturated rings. The number of hydrogen-bond acceptors (Lipinski definition) is 7. The molecule has 3 rings (SSSR count). The van der Waals surface area contributed by atoms with Gasteiger partial charge >= 0.3 is 5.97 Å². The molecule has 136 valence electrons. The highest BCUT2D eigenvalue weighted by molar-refractivity contribution is 7.12. The Morgan fingerprint density at radius 1 is 1.19 bits per heavy atom. The number of hydrogen-bond donors (Lipinski definition) is 1. The zero-order valence-electron chi connectivity index (χ0n) is 14.3. The third-order valence-corrected chi connectivity index (χ3v) is 4.27. The fourth-order valence-corrected chi connectivity index (χ4v) is 2.72. The third kappa shape index (κ3) is 4.77. The summed E-state index contributed by atoms with van der Waals surface area (Å²) in [6.07, 6.45) is 4.49. The van der Waals surface area contributed by atoms with Crippen LogP contribution < -0.4 is 14.9 Å². The van der Waals surface area contributed by atoms with Crippen molar-refractivity contribution < 1.29 is 19.1 Å². The number of esters is 1. The van der Waals surface area contributed by atoms with Gasteiger partial charge in [0.25, 0.3) is 5.91 Å². The van der Waals surface area contributed by atoms with E-state index in [4.69, 9.17) is 9.47 Å². The Morgan fingerprint density at radius 3 is 2.78 bits per heavy atom. The predicted molar refractivity (Wildman–Crippen MR) is 102 cm³/mol. The number of rotatable bonds is 6. The van der Waals surface area contributed by atoms with Crippen molar-refractivity contribution in [3.8, 4) is 11.5 Å². The molecule has 0 spiro atoms. The van der Waals surface area contributed by atoms with Gasteiger partial charge in [0.15, 0.2) is 11.5 Å². The van der Waals surface area contributed by atoms with Gasteiger partial charge in [-0.05, 0) is 47.3 Å². The number of carbonyl (C=O) groups is 2. The third-order valence-electron chi connectivity index (χ3n) is 3.42. The Balaban J connectivity index is 1.66. The highest BCUT2D eigenvalue weighted by Gasteiger charge is 2.13. The zero-order chi connectivity index (χ0) is 19.1. The monoisotopic (exact) mass is 381 g/mol. The summed E-state index contributed by atoms with van der Waals surface area (Å²) in [4.78, 5) is 28.3. The van der Waals surface area contributed by atoms with Gasteiger partial charge in [-0.1, -0.05) is 6.07 Å². The van der Waals surface area contributed by atoms with Crippen LogP contribution in [0.5, 0.6) is 11.5 Å². The fraction of sp³-hybridized carbons (Fsp3) is 0.0526. The second-order valence-corrected chi connectivity index (χ2v) is 6.17. The summed E-state index contributed by atoms with van der Waals surface area (Å²) < 4.78 is 10.6. The predicted octanol–water partition coefficient (Wildman–Crippen LogP) is 3.13. The molecule has 0 radical (unpaired) electrons. The van der Waals surface area contributed by atoms with Gasteiger partial charge in [0.05, 0.1) is 18.9 Å². The molecule has 0 aliphatic rings. The summed E-state index contributed by atoms with van der Waals surface area (Å²) >= 11 is 1.30. The molecular formula is C19H15N3O4S. The molecule has 0 saturated carbocycles. The van der Waals surface area contributed by atoms with E-state index in [1.807, 2.05) is 0 Å². The second-order valence-electron chi connectivity index (χ2n) is 5.22. The Hall–Kier alpha value is -3.52. The molecule has 0 aliphatic heterocycles. The Morgan fingerprint density at radius 2 is 2.07 bits per heavy atom. The molecule has 2 heterocycles. The van der Waals surface area contributed by atoms with Crippen LogP contribution in [0.2, 0.25) is 0 Å². The summed E-state index contributed by atoms with van der Waals surface area (Å²) in [5, 5.41) is 5.71. The van der Waals surface area contributed by atoms with Crippen LogP contribution in [0.15, 0.2) is 65.3 Å². The molecule has 0 aliphatic carbocycles. The van der Waals surface area contributed by atoms with Crippen molar-refractivity contribution in [3.63, 3.8) is 0 Å². The minimum absolute atomic E-state index is 0.299. The van der Waals surface area contributed by atoms with Gasteiger partial charge in [0, 0.05) is 12.4 Å². The van der Waals surface area contributed by atoms with E-state index in [2.05, 4.69) is 15.5 Å². The number of carbonyl (C=O) groups excluding carboxylic acids is 2. The number of pyridine rings is 1. The van der Waals surface area contributed by atoms with E-state index < -0.39 is 5.97 Å². The highest BCUT2D eigenvalue weighted by atomic mass is 32.1. The zero-order valence-corrected chi connectivity index (χ0v) is 15.1. The lowest BCUT2D eigenvalue weighted by molar-refractivity contribution is 0.0734.